The molecule has 0 aliphatic rings. The smallest absolute Gasteiger partial charge is 0.289 e. The van der Waals surface area contributed by atoms with Crippen molar-refractivity contribution in [2.75, 3.05) is 13.3 Å². The second-order valence-electron chi connectivity index (χ2n) is 4.89. The summed E-state index contributed by atoms with van der Waals surface area (Å²) in [5.74, 6) is -1.95. The maximum atomic E-state index is 12.0. The summed E-state index contributed by atoms with van der Waals surface area (Å²) >= 11 is 0. The first-order valence-corrected chi connectivity index (χ1v) is 7.11. The fraction of sp³-hybridized carbons (Fsp3) is 0.467. The summed E-state index contributed by atoms with van der Waals surface area (Å²) < 4.78 is 17.3. The number of nitrogens with zero attached hydrogens (tertiary/aromatic N) is 2. The molecule has 0 aliphatic carbocycles. The maximum Gasteiger partial charge on any atom is 0.289 e. The van der Waals surface area contributed by atoms with E-state index in [1.165, 1.54) is 0 Å². The van der Waals surface area contributed by atoms with Crippen LogP contribution in [0.2, 0.25) is 0 Å². The van der Waals surface area contributed by atoms with Crippen molar-refractivity contribution in [2.24, 2.45) is 16.3 Å². The topological polar surface area (TPSA) is 102 Å². The molecule has 0 bridgehead atoms. The average molecular weight is 324 g/mol. The predicted octanol–water partition coefficient (Wildman–Crippen LogP) is 2.95. The van der Waals surface area contributed by atoms with Crippen LogP contribution >= 0.6 is 0 Å². The van der Waals surface area contributed by atoms with E-state index in [9.17, 15) is 23.8 Å². The highest BCUT2D eigenvalue weighted by molar-refractivity contribution is 5.81. The van der Waals surface area contributed by atoms with E-state index in [4.69, 9.17) is 4.74 Å². The number of carbonyl (C=O) groups is 2. The van der Waals surface area contributed by atoms with Gasteiger partial charge in [-0.2, -0.15) is 0 Å². The zero-order chi connectivity index (χ0) is 17.1. The van der Waals surface area contributed by atoms with Crippen LogP contribution in [0.5, 0.6) is 5.75 Å². The Morgan fingerprint density at radius 1 is 1.13 bits per heavy atom. The lowest BCUT2D eigenvalue weighted by atomic mass is 9.94. The van der Waals surface area contributed by atoms with Crippen LogP contribution in [0.25, 0.3) is 0 Å². The molecule has 0 fully saturated rings. The van der Waals surface area contributed by atoms with Gasteiger partial charge in [-0.15, -0.1) is 9.81 Å². The molecular weight excluding hydrogens is 307 g/mol. The Bertz CT molecular complexity index is 547. The largest absolute Gasteiger partial charge is 0.494 e. The Morgan fingerprint density at radius 3 is 2.39 bits per heavy atom. The molecule has 1 aromatic carbocycles. The Balaban J connectivity index is 2.63. The molecular formula is C15H17FN2O5. The van der Waals surface area contributed by atoms with Crippen molar-refractivity contribution >= 4 is 11.8 Å². The third-order valence-electron chi connectivity index (χ3n) is 3.20. The van der Waals surface area contributed by atoms with E-state index in [1.807, 2.05) is 0 Å². The molecule has 0 heterocycles. The zero-order valence-corrected chi connectivity index (χ0v) is 12.4. The lowest BCUT2D eigenvalue weighted by molar-refractivity contribution is -0.122. The fourth-order valence-corrected chi connectivity index (χ4v) is 1.98. The SMILES string of the molecule is O=NC(=O)CC[C@@H](Cc1ccc(OCCCF)cc1)C(=O)N=O. The van der Waals surface area contributed by atoms with E-state index in [0.29, 0.717) is 12.2 Å². The highest BCUT2D eigenvalue weighted by Crippen LogP contribution is 2.19. The molecule has 1 rings (SSSR count). The molecule has 0 spiro atoms. The van der Waals surface area contributed by atoms with Crippen LogP contribution in [0, 0.1) is 15.7 Å². The molecule has 0 aromatic heterocycles. The number of hydrogen-bond acceptors (Lipinski definition) is 5. The van der Waals surface area contributed by atoms with Gasteiger partial charge in [0.15, 0.2) is 0 Å². The van der Waals surface area contributed by atoms with Crippen LogP contribution < -0.4 is 4.74 Å². The van der Waals surface area contributed by atoms with Gasteiger partial charge in [0, 0.05) is 29.1 Å². The number of alkyl halides is 1. The van der Waals surface area contributed by atoms with E-state index in [0.717, 1.165) is 5.56 Å². The van der Waals surface area contributed by atoms with E-state index < -0.39 is 24.4 Å². The van der Waals surface area contributed by atoms with E-state index in [2.05, 4.69) is 10.4 Å². The standard InChI is InChI=1S/C15H17FN2O5/c16-8-1-9-23-13-5-2-11(3-6-13)10-12(15(20)18-22)4-7-14(19)17-21/h2-3,5-6,12H,1,4,7-10H2/t12-/m0/s1. The number of hydrogen-bond donors (Lipinski definition) is 0. The number of halogens is 1. The van der Waals surface area contributed by atoms with Gasteiger partial charge in [0.1, 0.15) is 5.75 Å². The average Bonchev–Trinajstić information content (AvgIpc) is 2.59. The third kappa shape index (κ3) is 6.86. The predicted molar refractivity (Wildman–Crippen MR) is 80.6 cm³/mol. The summed E-state index contributed by atoms with van der Waals surface area (Å²) in [4.78, 5) is 42.9. The number of carbonyl (C=O) groups excluding carboxylic acids is 2. The van der Waals surface area contributed by atoms with Crippen LogP contribution in [0.3, 0.4) is 0 Å². The van der Waals surface area contributed by atoms with Crippen molar-refractivity contribution < 1.29 is 18.7 Å². The van der Waals surface area contributed by atoms with Gasteiger partial charge in [-0.25, -0.2) is 0 Å². The summed E-state index contributed by atoms with van der Waals surface area (Å²) in [6, 6.07) is 6.74. The van der Waals surface area contributed by atoms with Crippen LogP contribution in [-0.2, 0) is 16.0 Å². The summed E-state index contributed by atoms with van der Waals surface area (Å²) in [6.45, 7) is -0.179. The van der Waals surface area contributed by atoms with Gasteiger partial charge >= 0.3 is 0 Å². The molecule has 7 nitrogen and oxygen atoms in total. The first-order valence-electron chi connectivity index (χ1n) is 7.11. The summed E-state index contributed by atoms with van der Waals surface area (Å²) in [5.41, 5.74) is 0.747. The maximum absolute atomic E-state index is 12.0. The molecule has 124 valence electrons. The molecule has 0 radical (unpaired) electrons. The number of benzene rings is 1. The first kappa shape index (κ1) is 18.5. The molecule has 1 atom stereocenters. The van der Waals surface area contributed by atoms with Crippen molar-refractivity contribution in [3.05, 3.63) is 39.6 Å². The number of amides is 2. The number of rotatable bonds is 10. The molecule has 23 heavy (non-hydrogen) atoms. The summed E-state index contributed by atoms with van der Waals surface area (Å²) in [7, 11) is 0. The van der Waals surface area contributed by atoms with Gasteiger partial charge in [-0.05, 0) is 30.5 Å². The number of ether oxygens (including phenoxy) is 1. The van der Waals surface area contributed by atoms with E-state index in [-0.39, 0.29) is 25.9 Å². The number of nitroso groups, excluding NO2 is 2. The van der Waals surface area contributed by atoms with Crippen molar-refractivity contribution in [3.63, 3.8) is 0 Å². The Kier molecular flexibility index (Phi) is 8.27. The normalized spacial score (nSPS) is 11.5. The Hall–Kier alpha value is -2.51. The van der Waals surface area contributed by atoms with Crippen LogP contribution in [-0.4, -0.2) is 25.1 Å². The zero-order valence-electron chi connectivity index (χ0n) is 12.4. The molecule has 0 aliphatic heterocycles. The molecule has 0 unspecified atom stereocenters. The lowest BCUT2D eigenvalue weighted by Gasteiger charge is -2.11. The van der Waals surface area contributed by atoms with Crippen LogP contribution in [0.15, 0.2) is 34.6 Å². The second-order valence-corrected chi connectivity index (χ2v) is 4.89. The van der Waals surface area contributed by atoms with Crippen molar-refractivity contribution in [1.82, 2.24) is 0 Å². The van der Waals surface area contributed by atoms with E-state index >= 15 is 0 Å². The third-order valence-corrected chi connectivity index (χ3v) is 3.20. The summed E-state index contributed by atoms with van der Waals surface area (Å²) in [6.07, 6.45) is 0.341. The van der Waals surface area contributed by atoms with Gasteiger partial charge in [-0.3, -0.25) is 14.0 Å². The van der Waals surface area contributed by atoms with Gasteiger partial charge in [-0.1, -0.05) is 12.1 Å². The molecule has 0 saturated carbocycles. The monoisotopic (exact) mass is 324 g/mol. The minimum absolute atomic E-state index is 0.0316. The highest BCUT2D eigenvalue weighted by Gasteiger charge is 2.21. The van der Waals surface area contributed by atoms with Crippen molar-refractivity contribution in [3.8, 4) is 5.75 Å². The second kappa shape index (κ2) is 10.3. The molecule has 0 N–H and O–H groups in total. The Morgan fingerprint density at radius 2 is 1.83 bits per heavy atom. The minimum atomic E-state index is -0.870. The van der Waals surface area contributed by atoms with Crippen LogP contribution in [0.1, 0.15) is 24.8 Å². The van der Waals surface area contributed by atoms with Gasteiger partial charge in [0.2, 0.25) is 0 Å². The Labute approximate surface area is 132 Å². The van der Waals surface area contributed by atoms with E-state index in [1.54, 1.807) is 24.3 Å². The molecule has 1 aromatic rings. The van der Waals surface area contributed by atoms with Crippen molar-refractivity contribution in [2.45, 2.75) is 25.7 Å². The molecule has 0 saturated heterocycles. The molecule has 8 heteroatoms. The quantitative estimate of drug-likeness (QED) is 0.486. The van der Waals surface area contributed by atoms with Crippen LogP contribution in [0.4, 0.5) is 4.39 Å². The fourth-order valence-electron chi connectivity index (χ4n) is 1.98. The van der Waals surface area contributed by atoms with Gasteiger partial charge in [0.05, 0.1) is 13.3 Å². The highest BCUT2D eigenvalue weighted by atomic mass is 19.1. The summed E-state index contributed by atoms with van der Waals surface area (Å²) in [5, 5.41) is 4.63. The lowest BCUT2D eigenvalue weighted by Crippen LogP contribution is -2.16. The van der Waals surface area contributed by atoms with Gasteiger partial charge in [0.25, 0.3) is 11.8 Å². The van der Waals surface area contributed by atoms with Crippen molar-refractivity contribution in [1.29, 1.82) is 0 Å². The van der Waals surface area contributed by atoms with Gasteiger partial charge < -0.3 is 4.74 Å². The minimum Gasteiger partial charge on any atom is -0.494 e. The first-order chi connectivity index (χ1) is 11.1. The molecule has 2 amide bonds.